The molecule has 8 heteroatoms. The van der Waals surface area contributed by atoms with E-state index in [0.29, 0.717) is 22.8 Å². The lowest BCUT2D eigenvalue weighted by Gasteiger charge is -2.05. The first-order valence-electron chi connectivity index (χ1n) is 6.10. The molecule has 6 nitrogen and oxygen atoms in total. The highest BCUT2D eigenvalue weighted by Crippen LogP contribution is 2.27. The van der Waals surface area contributed by atoms with Crippen molar-refractivity contribution in [1.29, 1.82) is 0 Å². The molecule has 2 aromatic rings. The Balaban J connectivity index is 2.33. The van der Waals surface area contributed by atoms with Gasteiger partial charge >= 0.3 is 0 Å². The van der Waals surface area contributed by atoms with Crippen LogP contribution in [0.3, 0.4) is 0 Å². The van der Waals surface area contributed by atoms with Crippen LogP contribution >= 0.6 is 11.3 Å². The van der Waals surface area contributed by atoms with E-state index >= 15 is 0 Å². The molecule has 0 unspecified atom stereocenters. The van der Waals surface area contributed by atoms with Gasteiger partial charge in [0.15, 0.2) is 0 Å². The molecule has 0 saturated carbocycles. The molecule has 0 saturated heterocycles. The highest BCUT2D eigenvalue weighted by molar-refractivity contribution is 7.93. The summed E-state index contributed by atoms with van der Waals surface area (Å²) in [5.74, 6) is 0. The van der Waals surface area contributed by atoms with Gasteiger partial charge in [-0.1, -0.05) is 0 Å². The van der Waals surface area contributed by atoms with Crippen LogP contribution in [0, 0.1) is 13.8 Å². The fourth-order valence-electron chi connectivity index (χ4n) is 1.95. The second kappa shape index (κ2) is 5.55. The van der Waals surface area contributed by atoms with Gasteiger partial charge in [-0.15, -0.1) is 11.3 Å². The zero-order valence-electron chi connectivity index (χ0n) is 11.9. The minimum Gasteiger partial charge on any atom is -0.315 e. The van der Waals surface area contributed by atoms with E-state index in [0.717, 1.165) is 9.75 Å². The Kier molecular flexibility index (Phi) is 4.17. The van der Waals surface area contributed by atoms with E-state index in [9.17, 15) is 8.42 Å². The molecule has 0 amide bonds. The molecule has 110 valence electrons. The molecule has 0 atom stereocenters. The quantitative estimate of drug-likeness (QED) is 0.879. The molecule has 2 N–H and O–H groups in total. The van der Waals surface area contributed by atoms with Gasteiger partial charge in [-0.3, -0.25) is 9.40 Å². The number of rotatable bonds is 5. The maximum Gasteiger partial charge on any atom is 0.263 e. The van der Waals surface area contributed by atoms with E-state index in [4.69, 9.17) is 0 Å². The monoisotopic (exact) mass is 314 g/mol. The lowest BCUT2D eigenvalue weighted by atomic mass is 10.4. The third-order valence-electron chi connectivity index (χ3n) is 2.82. The van der Waals surface area contributed by atoms with Crippen molar-refractivity contribution in [2.75, 3.05) is 11.8 Å². The van der Waals surface area contributed by atoms with Crippen molar-refractivity contribution < 1.29 is 8.42 Å². The van der Waals surface area contributed by atoms with Crippen molar-refractivity contribution in [2.24, 2.45) is 7.05 Å². The average molecular weight is 314 g/mol. The molecular weight excluding hydrogens is 296 g/mol. The van der Waals surface area contributed by atoms with Crippen molar-refractivity contribution in [1.82, 2.24) is 15.1 Å². The van der Waals surface area contributed by atoms with Gasteiger partial charge in [0.25, 0.3) is 10.0 Å². The molecule has 0 aliphatic heterocycles. The second-order valence-corrected chi connectivity index (χ2v) is 7.56. The van der Waals surface area contributed by atoms with Crippen LogP contribution in [0.2, 0.25) is 0 Å². The number of anilines is 1. The number of thiophene rings is 1. The molecule has 0 aliphatic rings. The number of aryl methyl sites for hydroxylation is 3. The van der Waals surface area contributed by atoms with Gasteiger partial charge < -0.3 is 5.32 Å². The molecule has 0 fully saturated rings. The maximum atomic E-state index is 12.4. The third-order valence-corrected chi connectivity index (χ3v) is 5.49. The van der Waals surface area contributed by atoms with Crippen LogP contribution in [0.4, 0.5) is 5.69 Å². The number of aromatic nitrogens is 2. The highest BCUT2D eigenvalue weighted by atomic mass is 32.2. The minimum atomic E-state index is -3.57. The molecule has 0 bridgehead atoms. The molecule has 0 spiro atoms. The first-order valence-corrected chi connectivity index (χ1v) is 8.40. The Morgan fingerprint density at radius 1 is 1.40 bits per heavy atom. The van der Waals surface area contributed by atoms with Crippen molar-refractivity contribution in [2.45, 2.75) is 25.3 Å². The van der Waals surface area contributed by atoms with E-state index in [1.165, 1.54) is 11.3 Å². The van der Waals surface area contributed by atoms with Crippen LogP contribution in [-0.2, 0) is 23.6 Å². The summed E-state index contributed by atoms with van der Waals surface area (Å²) in [6.45, 7) is 4.24. The Morgan fingerprint density at radius 2 is 2.10 bits per heavy atom. The zero-order chi connectivity index (χ0) is 14.9. The van der Waals surface area contributed by atoms with Gasteiger partial charge in [0.05, 0.1) is 11.4 Å². The van der Waals surface area contributed by atoms with E-state index in [1.807, 2.05) is 14.0 Å². The van der Waals surface area contributed by atoms with Crippen molar-refractivity contribution >= 4 is 27.0 Å². The first-order chi connectivity index (χ1) is 9.33. The second-order valence-electron chi connectivity index (χ2n) is 4.57. The molecule has 20 heavy (non-hydrogen) atoms. The summed E-state index contributed by atoms with van der Waals surface area (Å²) in [5.41, 5.74) is 1.16. The molecule has 0 aliphatic carbocycles. The van der Waals surface area contributed by atoms with Crippen LogP contribution in [0.5, 0.6) is 0 Å². The molecule has 0 radical (unpaired) electrons. The van der Waals surface area contributed by atoms with Gasteiger partial charge in [0.2, 0.25) is 0 Å². The van der Waals surface area contributed by atoms with E-state index in [2.05, 4.69) is 15.1 Å². The van der Waals surface area contributed by atoms with Crippen LogP contribution in [-0.4, -0.2) is 25.2 Å². The summed E-state index contributed by atoms with van der Waals surface area (Å²) >= 11 is 1.48. The predicted octanol–water partition coefficient (Wildman–Crippen LogP) is 1.62. The van der Waals surface area contributed by atoms with Gasteiger partial charge in [0, 0.05) is 29.5 Å². The van der Waals surface area contributed by atoms with Crippen LogP contribution in [0.15, 0.2) is 17.2 Å². The fourth-order valence-corrected chi connectivity index (χ4v) is 4.70. The Bertz CT molecular complexity index is 716. The summed E-state index contributed by atoms with van der Waals surface area (Å²) in [7, 11) is 0.0181. The van der Waals surface area contributed by atoms with Gasteiger partial charge in [-0.2, -0.15) is 5.10 Å². The van der Waals surface area contributed by atoms with Gasteiger partial charge in [-0.25, -0.2) is 8.42 Å². The first kappa shape index (κ1) is 15.0. The van der Waals surface area contributed by atoms with E-state index in [-0.39, 0.29) is 0 Å². The molecule has 2 rings (SSSR count). The lowest BCUT2D eigenvalue weighted by Crippen LogP contribution is -2.13. The largest absolute Gasteiger partial charge is 0.315 e. The normalized spacial score (nSPS) is 11.8. The Morgan fingerprint density at radius 3 is 2.65 bits per heavy atom. The van der Waals surface area contributed by atoms with E-state index in [1.54, 1.807) is 30.9 Å². The van der Waals surface area contributed by atoms with Gasteiger partial charge in [-0.05, 0) is 27.0 Å². The summed E-state index contributed by atoms with van der Waals surface area (Å²) in [4.78, 5) is 2.11. The van der Waals surface area contributed by atoms with Crippen molar-refractivity contribution in [3.05, 3.63) is 27.7 Å². The number of hydrogen-bond acceptors (Lipinski definition) is 5. The summed E-state index contributed by atoms with van der Waals surface area (Å²) in [6.07, 6.45) is 1.66. The Labute approximate surface area is 122 Å². The lowest BCUT2D eigenvalue weighted by molar-refractivity contribution is 0.601. The topological polar surface area (TPSA) is 76.0 Å². The van der Waals surface area contributed by atoms with Crippen molar-refractivity contribution in [3.63, 3.8) is 0 Å². The number of nitrogens with one attached hydrogen (secondary N) is 2. The molecule has 2 heterocycles. The maximum absolute atomic E-state index is 12.4. The van der Waals surface area contributed by atoms with E-state index < -0.39 is 10.0 Å². The minimum absolute atomic E-state index is 0.330. The fraction of sp³-hybridized carbons (Fsp3) is 0.417. The molecular formula is C12H18N4O2S2. The summed E-state index contributed by atoms with van der Waals surface area (Å²) < 4.78 is 29.1. The summed E-state index contributed by atoms with van der Waals surface area (Å²) in [5, 5.41) is 7.15. The summed E-state index contributed by atoms with van der Waals surface area (Å²) in [6, 6.07) is 1.71. The van der Waals surface area contributed by atoms with Crippen LogP contribution in [0.1, 0.15) is 15.4 Å². The van der Waals surface area contributed by atoms with Crippen molar-refractivity contribution in [3.8, 4) is 0 Å². The third kappa shape index (κ3) is 3.02. The van der Waals surface area contributed by atoms with Gasteiger partial charge in [0.1, 0.15) is 4.90 Å². The Hall–Kier alpha value is -1.38. The standard InChI is InChI=1S/C12H18N4O2S2/c1-8-11(7-16(4)14-8)15-20(17,18)12-5-10(6-13-3)19-9(12)2/h5,7,13,15H,6H2,1-4H3. The predicted molar refractivity (Wildman–Crippen MR) is 80.6 cm³/mol. The average Bonchev–Trinajstić information content (AvgIpc) is 2.83. The molecule has 0 aromatic carbocycles. The number of sulfonamides is 1. The number of hydrogen-bond donors (Lipinski definition) is 2. The highest BCUT2D eigenvalue weighted by Gasteiger charge is 2.21. The zero-order valence-corrected chi connectivity index (χ0v) is 13.5. The number of nitrogens with zero attached hydrogens (tertiary/aromatic N) is 2. The molecule has 2 aromatic heterocycles. The van der Waals surface area contributed by atoms with Crippen LogP contribution < -0.4 is 10.0 Å². The SMILES string of the molecule is CNCc1cc(S(=O)(=O)Nc2cn(C)nc2C)c(C)s1. The van der Waals surface area contributed by atoms with Crippen LogP contribution in [0.25, 0.3) is 0 Å². The smallest absolute Gasteiger partial charge is 0.263 e.